The molecule has 4 N–H and O–H groups in total. The first kappa shape index (κ1) is 44.3. The molecule has 0 aliphatic carbocycles. The van der Waals surface area contributed by atoms with Crippen LogP contribution in [0.1, 0.15) is 31.8 Å². The predicted molar refractivity (Wildman–Crippen MR) is 243 cm³/mol. The Bertz CT molecular complexity index is 2550. The highest BCUT2D eigenvalue weighted by Gasteiger charge is 2.23. The smallest absolute Gasteiger partial charge is 0.335 e. The number of nitrogens with one attached hydrogen (secondary N) is 2. The molecular weight excluding hydrogens is 882 g/mol. The first-order valence-corrected chi connectivity index (χ1v) is 20.3. The van der Waals surface area contributed by atoms with E-state index in [0.29, 0.717) is 66.0 Å². The summed E-state index contributed by atoms with van der Waals surface area (Å²) in [6, 6.07) is 29.5. The summed E-state index contributed by atoms with van der Waals surface area (Å²) < 4.78 is 11.4. The molecule has 2 amide bonds. The van der Waals surface area contributed by atoms with Crippen molar-refractivity contribution in [1.82, 2.24) is 0 Å². The van der Waals surface area contributed by atoms with Gasteiger partial charge in [0, 0.05) is 55.6 Å². The van der Waals surface area contributed by atoms with E-state index in [1.165, 1.54) is 98.8 Å². The van der Waals surface area contributed by atoms with E-state index in [0.717, 1.165) is 0 Å². The topological polar surface area (TPSA) is 151 Å². The van der Waals surface area contributed by atoms with E-state index in [1.54, 1.807) is 24.3 Å². The van der Waals surface area contributed by atoms with Gasteiger partial charge in [-0.1, -0.05) is 94.6 Å². The number of halogens is 4. The molecule has 6 aromatic carbocycles. The van der Waals surface area contributed by atoms with E-state index in [2.05, 4.69) is 10.6 Å². The number of carboxylic acids is 2. The van der Waals surface area contributed by atoms with Crippen LogP contribution in [-0.4, -0.2) is 48.2 Å². The number of hydrogen-bond acceptors (Lipinski definition) is 7. The molecule has 0 unspecified atom stereocenters. The maximum atomic E-state index is 13.1. The largest absolute Gasteiger partial charge is 0.496 e. The first-order valence-electron chi connectivity index (χ1n) is 17.9. The molecule has 0 aliphatic heterocycles. The van der Waals surface area contributed by atoms with Crippen LogP contribution in [0.5, 0.6) is 11.5 Å². The second-order valence-electron chi connectivity index (χ2n) is 12.8. The van der Waals surface area contributed by atoms with Crippen molar-refractivity contribution in [1.29, 1.82) is 0 Å². The van der Waals surface area contributed by atoms with Crippen LogP contribution in [0.4, 0.5) is 11.4 Å². The Balaban J connectivity index is 1.41. The lowest BCUT2D eigenvalue weighted by Gasteiger charge is -2.19. The second kappa shape index (κ2) is 19.9. The summed E-state index contributed by atoms with van der Waals surface area (Å²) >= 11 is 29.3. The molecule has 0 atom stereocenters. The van der Waals surface area contributed by atoms with E-state index in [-0.39, 0.29) is 31.2 Å². The van der Waals surface area contributed by atoms with Crippen LogP contribution in [-0.2, 0) is 9.59 Å². The quantitative estimate of drug-likeness (QED) is 0.0783. The van der Waals surface area contributed by atoms with Crippen molar-refractivity contribution in [3.8, 4) is 33.8 Å². The predicted octanol–water partition coefficient (Wildman–Crippen LogP) is 12.5. The molecule has 0 aromatic heterocycles. The van der Waals surface area contributed by atoms with E-state index in [9.17, 15) is 29.4 Å². The Morgan fingerprint density at radius 2 is 0.885 bits per heavy atom. The van der Waals surface area contributed by atoms with E-state index < -0.39 is 23.8 Å². The minimum absolute atomic E-state index is 0.0755. The maximum absolute atomic E-state index is 13.1. The van der Waals surface area contributed by atoms with Crippen LogP contribution in [0.25, 0.3) is 34.4 Å². The SMILES string of the molecule is COc1ccccc1-c1cc(Sc2cc(-c3ccccc3OC)c(/C=C/C(=O)Nc3ccc(C(=O)O)cc3)c(Cl)c2Cl)c(Cl)c(Cl)c1/C=C/C(=O)Nc1ccc(C(=O)O)cc1. The number of hydrogen-bond donors (Lipinski definition) is 4. The number of aromatic carboxylic acids is 2. The number of carbonyl (C=O) groups excluding carboxylic acids is 2. The van der Waals surface area contributed by atoms with Crippen LogP contribution in [0.3, 0.4) is 0 Å². The van der Waals surface area contributed by atoms with E-state index in [1.807, 2.05) is 36.4 Å². The van der Waals surface area contributed by atoms with Gasteiger partial charge in [0.05, 0.1) is 45.4 Å². The number of ether oxygens (including phenoxy) is 2. The highest BCUT2D eigenvalue weighted by atomic mass is 35.5. The van der Waals surface area contributed by atoms with Gasteiger partial charge in [-0.25, -0.2) is 9.59 Å². The lowest BCUT2D eigenvalue weighted by molar-refractivity contribution is -0.112. The number of amides is 2. The number of methoxy groups -OCH3 is 2. The monoisotopic (exact) mass is 912 g/mol. The first-order chi connectivity index (χ1) is 29.3. The highest BCUT2D eigenvalue weighted by Crippen LogP contribution is 2.50. The average Bonchev–Trinajstić information content (AvgIpc) is 3.26. The number of anilines is 2. The summed E-state index contributed by atoms with van der Waals surface area (Å²) in [5.74, 6) is -2.15. The Labute approximate surface area is 374 Å². The van der Waals surface area contributed by atoms with Gasteiger partial charge in [-0.05, 0) is 96.1 Å². The summed E-state index contributed by atoms with van der Waals surface area (Å²) in [6.07, 6.45) is 5.62. The molecule has 0 radical (unpaired) electrons. The van der Waals surface area contributed by atoms with Crippen LogP contribution in [0.2, 0.25) is 20.1 Å². The number of carbonyl (C=O) groups is 4. The summed E-state index contributed by atoms with van der Waals surface area (Å²) in [7, 11) is 3.06. The average molecular weight is 915 g/mol. The Hall–Kier alpha value is -6.21. The van der Waals surface area contributed by atoms with Crippen LogP contribution in [0, 0.1) is 0 Å². The summed E-state index contributed by atoms with van der Waals surface area (Å²) in [6.45, 7) is 0. The lowest BCUT2D eigenvalue weighted by Crippen LogP contribution is -2.08. The van der Waals surface area contributed by atoms with Gasteiger partial charge in [0.25, 0.3) is 0 Å². The molecule has 0 fully saturated rings. The van der Waals surface area contributed by atoms with Crippen LogP contribution < -0.4 is 20.1 Å². The molecule has 10 nitrogen and oxygen atoms in total. The van der Waals surface area contributed by atoms with Gasteiger partial charge < -0.3 is 30.3 Å². The third-order valence-electron chi connectivity index (χ3n) is 9.04. The molecule has 308 valence electrons. The minimum atomic E-state index is -1.09. The molecule has 0 saturated carbocycles. The van der Waals surface area contributed by atoms with Gasteiger partial charge in [0.15, 0.2) is 0 Å². The lowest BCUT2D eigenvalue weighted by atomic mass is 9.98. The fourth-order valence-electron chi connectivity index (χ4n) is 6.08. The van der Waals surface area contributed by atoms with Crippen LogP contribution in [0.15, 0.2) is 131 Å². The van der Waals surface area contributed by atoms with Gasteiger partial charge in [0.2, 0.25) is 11.8 Å². The number of rotatable bonds is 14. The van der Waals surface area contributed by atoms with E-state index in [4.69, 9.17) is 55.9 Å². The van der Waals surface area contributed by atoms with E-state index >= 15 is 0 Å². The molecule has 15 heteroatoms. The zero-order valence-electron chi connectivity index (χ0n) is 32.0. The van der Waals surface area contributed by atoms with Crippen molar-refractivity contribution < 1.29 is 38.9 Å². The van der Waals surface area contributed by atoms with Crippen molar-refractivity contribution in [2.75, 3.05) is 24.9 Å². The van der Waals surface area contributed by atoms with Gasteiger partial charge in [-0.2, -0.15) is 0 Å². The van der Waals surface area contributed by atoms with Crippen LogP contribution >= 0.6 is 58.2 Å². The normalized spacial score (nSPS) is 11.1. The molecule has 6 rings (SSSR count). The Kier molecular flexibility index (Phi) is 14.5. The standard InChI is InChI=1S/C46H32Cl4N2O8S/c1-59-35-9-5-3-7-29(35)33-23-37(43(49)41(47)31(33)19-21-39(53)51-27-15-11-25(12-16-27)45(55)56)61-38-24-34(30-8-4-6-10-36(30)60-2)32(42(48)44(38)50)20-22-40(54)52-28-17-13-26(14-18-28)46(57)58/h3-24H,1-2H3,(H,51,53)(H,52,54)(H,55,56)(H,57,58)/b21-19+,22-20+. The Morgan fingerprint density at radius 1 is 0.525 bits per heavy atom. The fourth-order valence-corrected chi connectivity index (χ4v) is 8.25. The summed E-state index contributed by atoms with van der Waals surface area (Å²) in [5, 5.41) is 24.4. The van der Waals surface area contributed by atoms with Gasteiger partial charge in [-0.15, -0.1) is 0 Å². The van der Waals surface area contributed by atoms with Gasteiger partial charge >= 0.3 is 11.9 Å². The van der Waals surface area contributed by atoms with Crippen molar-refractivity contribution in [3.05, 3.63) is 164 Å². The number of benzene rings is 6. The van der Waals surface area contributed by atoms with Crippen molar-refractivity contribution >= 4 is 105 Å². The summed E-state index contributed by atoms with van der Waals surface area (Å²) in [4.78, 5) is 49.6. The van der Waals surface area contributed by atoms with Crippen molar-refractivity contribution in [3.63, 3.8) is 0 Å². The Morgan fingerprint density at radius 3 is 1.23 bits per heavy atom. The molecule has 0 saturated heterocycles. The highest BCUT2D eigenvalue weighted by molar-refractivity contribution is 7.99. The molecule has 0 bridgehead atoms. The molecule has 0 heterocycles. The number of carboxylic acid groups (broad SMARTS) is 2. The second-order valence-corrected chi connectivity index (χ2v) is 15.4. The van der Waals surface area contributed by atoms with Gasteiger partial charge in [-0.3, -0.25) is 9.59 Å². The molecule has 0 aliphatic rings. The fraction of sp³-hybridized carbons (Fsp3) is 0.0435. The van der Waals surface area contributed by atoms with Crippen molar-refractivity contribution in [2.45, 2.75) is 9.79 Å². The zero-order chi connectivity index (χ0) is 43.8. The molecular formula is C46H32Cl4N2O8S. The third kappa shape index (κ3) is 10.4. The maximum Gasteiger partial charge on any atom is 0.335 e. The third-order valence-corrected chi connectivity index (χ3v) is 12.1. The molecule has 6 aromatic rings. The molecule has 0 spiro atoms. The zero-order valence-corrected chi connectivity index (χ0v) is 35.8. The van der Waals surface area contributed by atoms with Crippen molar-refractivity contribution in [2.24, 2.45) is 0 Å². The summed E-state index contributed by atoms with van der Waals surface area (Å²) in [5.41, 5.74) is 4.17. The minimum Gasteiger partial charge on any atom is -0.496 e. The molecule has 61 heavy (non-hydrogen) atoms. The number of para-hydroxylation sites is 2. The van der Waals surface area contributed by atoms with Gasteiger partial charge in [0.1, 0.15) is 11.5 Å².